The normalized spacial score (nSPS) is 11.4. The quantitative estimate of drug-likeness (QED) is 0.145. The van der Waals surface area contributed by atoms with Crippen LogP contribution >= 0.6 is 0 Å². The number of nitrogens with zero attached hydrogens (tertiary/aromatic N) is 2. The predicted molar refractivity (Wildman–Crippen MR) is 267 cm³/mol. The minimum atomic E-state index is 0.853. The highest BCUT2D eigenvalue weighted by atomic mass is 16.3. The number of fused-ring (bicyclic) bond motifs is 6. The van der Waals surface area contributed by atoms with Crippen molar-refractivity contribution in [2.45, 2.75) is 0 Å². The van der Waals surface area contributed by atoms with Crippen molar-refractivity contribution < 1.29 is 8.83 Å². The van der Waals surface area contributed by atoms with E-state index in [1.54, 1.807) is 0 Å². The average Bonchev–Trinajstić information content (AvgIpc) is 3.93. The molecule has 12 rings (SSSR count). The van der Waals surface area contributed by atoms with E-state index in [2.05, 4.69) is 228 Å². The molecule has 64 heavy (non-hydrogen) atoms. The molecule has 0 aliphatic carbocycles. The van der Waals surface area contributed by atoms with Crippen LogP contribution in [-0.2, 0) is 0 Å². The molecule has 10 aromatic carbocycles. The lowest BCUT2D eigenvalue weighted by atomic mass is 10.0. The molecule has 0 bridgehead atoms. The van der Waals surface area contributed by atoms with Gasteiger partial charge in [-0.3, -0.25) is 0 Å². The third-order valence-electron chi connectivity index (χ3n) is 12.2. The standard InChI is InChI=1S/C60H40N2O2/c1-3-13-41(14-4-1)43-25-29-47(30-26-43)61(51-33-35-55-53-21-7-9-23-57(53)63-59(55)39-51)49-19-11-17-45(37-49)46-18-12-20-50(38-46)62(48-31-27-44(28-32-48)42-15-5-2-6-16-42)52-34-36-56-54-22-8-10-24-58(54)64-60(56)40-52/h1-40H. The van der Waals surface area contributed by atoms with Gasteiger partial charge in [-0.25, -0.2) is 0 Å². The van der Waals surface area contributed by atoms with Crippen LogP contribution in [0.15, 0.2) is 251 Å². The molecule has 0 aliphatic rings. The van der Waals surface area contributed by atoms with Gasteiger partial charge in [0.15, 0.2) is 0 Å². The molecule has 0 saturated carbocycles. The molecule has 0 aliphatic heterocycles. The second-order valence-corrected chi connectivity index (χ2v) is 16.2. The van der Waals surface area contributed by atoms with Crippen molar-refractivity contribution in [3.05, 3.63) is 243 Å². The molecule has 0 fully saturated rings. The molecule has 4 heteroatoms. The van der Waals surface area contributed by atoms with E-state index in [9.17, 15) is 0 Å². The van der Waals surface area contributed by atoms with Crippen molar-refractivity contribution in [2.24, 2.45) is 0 Å². The van der Waals surface area contributed by atoms with Gasteiger partial charge in [0.2, 0.25) is 0 Å². The van der Waals surface area contributed by atoms with Crippen molar-refractivity contribution in [1.82, 2.24) is 0 Å². The Morgan fingerprint density at radius 1 is 0.203 bits per heavy atom. The largest absolute Gasteiger partial charge is 0.456 e. The zero-order chi connectivity index (χ0) is 42.4. The van der Waals surface area contributed by atoms with Gasteiger partial charge in [0.05, 0.1) is 0 Å². The summed E-state index contributed by atoms with van der Waals surface area (Å²) >= 11 is 0. The molecule has 12 aromatic rings. The highest BCUT2D eigenvalue weighted by molar-refractivity contribution is 6.07. The molecule has 0 saturated heterocycles. The molecule has 0 radical (unpaired) electrons. The van der Waals surface area contributed by atoms with Crippen LogP contribution in [0.2, 0.25) is 0 Å². The number of hydrogen-bond donors (Lipinski definition) is 0. The second kappa shape index (κ2) is 15.7. The van der Waals surface area contributed by atoms with Crippen molar-refractivity contribution in [3.63, 3.8) is 0 Å². The van der Waals surface area contributed by atoms with E-state index in [0.717, 1.165) is 89.1 Å². The summed E-state index contributed by atoms with van der Waals surface area (Å²) in [5.41, 5.74) is 16.6. The van der Waals surface area contributed by atoms with Gasteiger partial charge in [-0.2, -0.15) is 0 Å². The zero-order valence-corrected chi connectivity index (χ0v) is 34.8. The average molecular weight is 821 g/mol. The molecular weight excluding hydrogens is 781 g/mol. The first-order chi connectivity index (χ1) is 31.7. The van der Waals surface area contributed by atoms with Gasteiger partial charge in [-0.15, -0.1) is 0 Å². The summed E-state index contributed by atoms with van der Waals surface area (Å²) < 4.78 is 12.8. The van der Waals surface area contributed by atoms with Gasteiger partial charge in [-0.05, 0) is 118 Å². The van der Waals surface area contributed by atoms with Crippen LogP contribution < -0.4 is 9.80 Å². The minimum Gasteiger partial charge on any atom is -0.456 e. The number of furan rings is 2. The zero-order valence-electron chi connectivity index (χ0n) is 34.8. The number of anilines is 6. The topological polar surface area (TPSA) is 32.8 Å². The fourth-order valence-corrected chi connectivity index (χ4v) is 9.12. The molecule has 302 valence electrons. The van der Waals surface area contributed by atoms with Gasteiger partial charge >= 0.3 is 0 Å². The summed E-state index contributed by atoms with van der Waals surface area (Å²) in [6.45, 7) is 0. The van der Waals surface area contributed by atoms with E-state index in [-0.39, 0.29) is 0 Å². The molecule has 4 nitrogen and oxygen atoms in total. The lowest BCUT2D eigenvalue weighted by molar-refractivity contribution is 0.668. The maximum absolute atomic E-state index is 6.42. The SMILES string of the molecule is c1ccc(-c2ccc(N(c3cccc(-c4cccc(N(c5ccc(-c6ccccc6)cc5)c5ccc6c(c5)oc5ccccc56)c4)c3)c3ccc4c(c3)oc3ccccc34)cc2)cc1. The molecule has 0 spiro atoms. The van der Waals surface area contributed by atoms with E-state index in [0.29, 0.717) is 0 Å². The van der Waals surface area contributed by atoms with Crippen LogP contribution in [0.3, 0.4) is 0 Å². The monoisotopic (exact) mass is 820 g/mol. The van der Waals surface area contributed by atoms with Crippen molar-refractivity contribution in [1.29, 1.82) is 0 Å². The highest BCUT2D eigenvalue weighted by Gasteiger charge is 2.19. The van der Waals surface area contributed by atoms with E-state index in [1.807, 2.05) is 24.3 Å². The number of benzene rings is 10. The second-order valence-electron chi connectivity index (χ2n) is 16.2. The van der Waals surface area contributed by atoms with Crippen molar-refractivity contribution >= 4 is 78.0 Å². The highest BCUT2D eigenvalue weighted by Crippen LogP contribution is 2.43. The lowest BCUT2D eigenvalue weighted by Crippen LogP contribution is -2.10. The van der Waals surface area contributed by atoms with Crippen molar-refractivity contribution in [2.75, 3.05) is 9.80 Å². The van der Waals surface area contributed by atoms with E-state index < -0.39 is 0 Å². The third-order valence-corrected chi connectivity index (χ3v) is 12.2. The Balaban J connectivity index is 0.964. The molecule has 0 N–H and O–H groups in total. The van der Waals surface area contributed by atoms with Gasteiger partial charge in [0.25, 0.3) is 0 Å². The summed E-state index contributed by atoms with van der Waals surface area (Å²) in [5.74, 6) is 0. The van der Waals surface area contributed by atoms with E-state index >= 15 is 0 Å². The summed E-state index contributed by atoms with van der Waals surface area (Å²) in [7, 11) is 0. The molecule has 0 atom stereocenters. The molecule has 0 amide bonds. The molecule has 0 unspecified atom stereocenters. The maximum atomic E-state index is 6.42. The summed E-state index contributed by atoms with van der Waals surface area (Å²) in [6.07, 6.45) is 0. The van der Waals surface area contributed by atoms with Crippen LogP contribution in [-0.4, -0.2) is 0 Å². The molecule has 2 heterocycles. The van der Waals surface area contributed by atoms with Crippen molar-refractivity contribution in [3.8, 4) is 33.4 Å². The Labute approximate surface area is 371 Å². The maximum Gasteiger partial charge on any atom is 0.137 e. The Morgan fingerprint density at radius 2 is 0.531 bits per heavy atom. The summed E-state index contributed by atoms with van der Waals surface area (Å²) in [4.78, 5) is 4.63. The minimum absolute atomic E-state index is 0.853. The van der Waals surface area contributed by atoms with Gasteiger partial charge in [-0.1, -0.05) is 146 Å². The van der Waals surface area contributed by atoms with Gasteiger partial charge < -0.3 is 18.6 Å². The Hall–Kier alpha value is -8.60. The third kappa shape index (κ3) is 6.75. The Morgan fingerprint density at radius 3 is 0.969 bits per heavy atom. The van der Waals surface area contributed by atoms with E-state index in [4.69, 9.17) is 8.83 Å². The van der Waals surface area contributed by atoms with Crippen LogP contribution in [0, 0.1) is 0 Å². The van der Waals surface area contributed by atoms with Gasteiger partial charge in [0, 0.05) is 67.8 Å². The number of rotatable bonds is 9. The first kappa shape index (κ1) is 37.2. The number of hydrogen-bond acceptors (Lipinski definition) is 4. The summed E-state index contributed by atoms with van der Waals surface area (Å²) in [6, 6.07) is 85.9. The first-order valence-electron chi connectivity index (χ1n) is 21.6. The van der Waals surface area contributed by atoms with E-state index in [1.165, 1.54) is 22.3 Å². The van der Waals surface area contributed by atoms with Crippen LogP contribution in [0.5, 0.6) is 0 Å². The predicted octanol–water partition coefficient (Wildman–Crippen LogP) is 17.4. The summed E-state index contributed by atoms with van der Waals surface area (Å²) in [5, 5.41) is 4.43. The fraction of sp³-hybridized carbons (Fsp3) is 0. The van der Waals surface area contributed by atoms with Crippen LogP contribution in [0.4, 0.5) is 34.1 Å². The van der Waals surface area contributed by atoms with Crippen LogP contribution in [0.1, 0.15) is 0 Å². The lowest BCUT2D eigenvalue weighted by Gasteiger charge is -2.27. The Bertz CT molecular complexity index is 3370. The smallest absolute Gasteiger partial charge is 0.137 e. The van der Waals surface area contributed by atoms with Crippen LogP contribution in [0.25, 0.3) is 77.3 Å². The number of para-hydroxylation sites is 2. The first-order valence-corrected chi connectivity index (χ1v) is 21.6. The van der Waals surface area contributed by atoms with Gasteiger partial charge in [0.1, 0.15) is 22.3 Å². The fourth-order valence-electron chi connectivity index (χ4n) is 9.12. The molecular formula is C60H40N2O2. The molecule has 2 aromatic heterocycles. The Kier molecular flexibility index (Phi) is 9.12.